The fraction of sp³-hybridized carbons (Fsp3) is 0.368. The van der Waals surface area contributed by atoms with Crippen molar-refractivity contribution in [2.75, 3.05) is 18.0 Å². The van der Waals surface area contributed by atoms with Gasteiger partial charge in [-0.2, -0.15) is 0 Å². The largest absolute Gasteiger partial charge is 0.386 e. The molecular formula is C19H22FN3O2. The number of halogens is 1. The summed E-state index contributed by atoms with van der Waals surface area (Å²) in [5.41, 5.74) is 1.06. The van der Waals surface area contributed by atoms with E-state index < -0.39 is 12.1 Å². The third-order valence-electron chi connectivity index (χ3n) is 4.48. The van der Waals surface area contributed by atoms with Crippen LogP contribution in [0.15, 0.2) is 42.6 Å². The number of nitrogens with one attached hydrogen (secondary N) is 1. The number of benzene rings is 1. The zero-order chi connectivity index (χ0) is 17.8. The molecule has 132 valence electrons. The van der Waals surface area contributed by atoms with Crippen molar-refractivity contribution in [1.29, 1.82) is 0 Å². The van der Waals surface area contributed by atoms with Gasteiger partial charge in [-0.1, -0.05) is 12.1 Å². The molecule has 1 aliphatic heterocycles. The van der Waals surface area contributed by atoms with Crippen LogP contribution in [0, 0.1) is 5.82 Å². The van der Waals surface area contributed by atoms with Crippen LogP contribution in [0.25, 0.3) is 0 Å². The molecule has 2 atom stereocenters. The first-order valence-corrected chi connectivity index (χ1v) is 8.50. The van der Waals surface area contributed by atoms with E-state index in [9.17, 15) is 14.3 Å². The third kappa shape index (κ3) is 3.96. The van der Waals surface area contributed by atoms with Crippen LogP contribution in [0.2, 0.25) is 0 Å². The molecule has 1 aromatic heterocycles. The molecule has 1 fully saturated rings. The smallest absolute Gasteiger partial charge is 0.255 e. The average molecular weight is 343 g/mol. The van der Waals surface area contributed by atoms with E-state index in [0.29, 0.717) is 16.9 Å². The minimum Gasteiger partial charge on any atom is -0.386 e. The van der Waals surface area contributed by atoms with Crippen molar-refractivity contribution in [1.82, 2.24) is 10.3 Å². The lowest BCUT2D eigenvalue weighted by atomic mass is 10.0. The summed E-state index contributed by atoms with van der Waals surface area (Å²) in [4.78, 5) is 19.1. The molecule has 3 rings (SSSR count). The number of anilines is 1. The van der Waals surface area contributed by atoms with Crippen LogP contribution < -0.4 is 10.2 Å². The van der Waals surface area contributed by atoms with Gasteiger partial charge in [0.25, 0.3) is 5.91 Å². The highest BCUT2D eigenvalue weighted by Crippen LogP contribution is 2.23. The number of amides is 1. The van der Waals surface area contributed by atoms with Crippen molar-refractivity contribution in [3.8, 4) is 0 Å². The zero-order valence-electron chi connectivity index (χ0n) is 14.2. The number of hydrogen-bond donors (Lipinski definition) is 2. The molecule has 25 heavy (non-hydrogen) atoms. The van der Waals surface area contributed by atoms with Crippen LogP contribution in [-0.4, -0.2) is 35.1 Å². The van der Waals surface area contributed by atoms with Gasteiger partial charge < -0.3 is 15.3 Å². The van der Waals surface area contributed by atoms with Crippen molar-refractivity contribution in [2.45, 2.75) is 31.9 Å². The van der Waals surface area contributed by atoms with E-state index in [4.69, 9.17) is 0 Å². The summed E-state index contributed by atoms with van der Waals surface area (Å²) in [6, 6.07) is 8.57. The molecule has 0 spiro atoms. The van der Waals surface area contributed by atoms with Crippen LogP contribution in [0.3, 0.4) is 0 Å². The standard InChI is InChI=1S/C19H22FN3O2/c1-13(17(24)14-6-8-15(20)9-7-14)22-19(25)16-5-4-10-21-18(16)23-11-2-3-12-23/h4-10,13,17,24H,2-3,11-12H2,1H3,(H,22,25)/t13-,17+/m1/s1. The predicted octanol–water partition coefficient (Wildman–Crippen LogP) is 2.67. The molecule has 6 heteroatoms. The van der Waals surface area contributed by atoms with Crippen molar-refractivity contribution in [3.63, 3.8) is 0 Å². The number of carbonyl (C=O) groups is 1. The average Bonchev–Trinajstić information content (AvgIpc) is 3.16. The number of hydrogen-bond acceptors (Lipinski definition) is 4. The third-order valence-corrected chi connectivity index (χ3v) is 4.48. The number of carbonyl (C=O) groups excluding carboxylic acids is 1. The van der Waals surface area contributed by atoms with Gasteiger partial charge >= 0.3 is 0 Å². The summed E-state index contributed by atoms with van der Waals surface area (Å²) >= 11 is 0. The molecule has 1 saturated heterocycles. The Morgan fingerprint density at radius 2 is 1.92 bits per heavy atom. The Kier molecular flexibility index (Phi) is 5.28. The van der Waals surface area contributed by atoms with Crippen molar-refractivity contribution >= 4 is 11.7 Å². The first-order valence-electron chi connectivity index (χ1n) is 8.50. The monoisotopic (exact) mass is 343 g/mol. The van der Waals surface area contributed by atoms with E-state index >= 15 is 0 Å². The summed E-state index contributed by atoms with van der Waals surface area (Å²) in [7, 11) is 0. The maximum Gasteiger partial charge on any atom is 0.255 e. The highest BCUT2D eigenvalue weighted by molar-refractivity contribution is 5.99. The molecule has 1 aliphatic rings. The quantitative estimate of drug-likeness (QED) is 0.876. The summed E-state index contributed by atoms with van der Waals surface area (Å²) in [6.07, 6.45) is 2.95. The van der Waals surface area contributed by atoms with Gasteiger partial charge in [-0.05, 0) is 49.6 Å². The number of pyridine rings is 1. The summed E-state index contributed by atoms with van der Waals surface area (Å²) in [6.45, 7) is 3.51. The minimum atomic E-state index is -0.920. The zero-order valence-corrected chi connectivity index (χ0v) is 14.2. The number of nitrogens with zero attached hydrogens (tertiary/aromatic N) is 2. The SMILES string of the molecule is C[C@@H](NC(=O)c1cccnc1N1CCCC1)[C@H](O)c1ccc(F)cc1. The molecule has 1 aromatic carbocycles. The van der Waals surface area contributed by atoms with Crippen molar-refractivity contribution in [2.24, 2.45) is 0 Å². The highest BCUT2D eigenvalue weighted by atomic mass is 19.1. The predicted molar refractivity (Wildman–Crippen MR) is 94.0 cm³/mol. The first kappa shape index (κ1) is 17.4. The second-order valence-electron chi connectivity index (χ2n) is 6.33. The van der Waals surface area contributed by atoms with Crippen LogP contribution in [0.4, 0.5) is 10.2 Å². The van der Waals surface area contributed by atoms with Gasteiger partial charge in [0, 0.05) is 19.3 Å². The summed E-state index contributed by atoms with van der Waals surface area (Å²) < 4.78 is 13.0. The van der Waals surface area contributed by atoms with Gasteiger partial charge in [-0.15, -0.1) is 0 Å². The number of aliphatic hydroxyl groups is 1. The number of aromatic nitrogens is 1. The van der Waals surface area contributed by atoms with Gasteiger partial charge in [0.2, 0.25) is 0 Å². The van der Waals surface area contributed by atoms with Crippen LogP contribution >= 0.6 is 0 Å². The molecule has 1 amide bonds. The Morgan fingerprint density at radius 3 is 2.60 bits per heavy atom. The molecule has 0 unspecified atom stereocenters. The summed E-state index contributed by atoms with van der Waals surface area (Å²) in [5, 5.41) is 13.2. The fourth-order valence-corrected chi connectivity index (χ4v) is 3.07. The van der Waals surface area contributed by atoms with E-state index in [2.05, 4.69) is 15.2 Å². The van der Waals surface area contributed by atoms with E-state index in [1.165, 1.54) is 24.3 Å². The fourth-order valence-electron chi connectivity index (χ4n) is 3.07. The van der Waals surface area contributed by atoms with Crippen LogP contribution in [0.5, 0.6) is 0 Å². The first-order chi connectivity index (χ1) is 12.1. The molecular weight excluding hydrogens is 321 g/mol. The Balaban J connectivity index is 1.72. The van der Waals surface area contributed by atoms with Crippen molar-refractivity contribution in [3.05, 3.63) is 59.5 Å². The topological polar surface area (TPSA) is 65.5 Å². The highest BCUT2D eigenvalue weighted by Gasteiger charge is 2.24. The molecule has 0 saturated carbocycles. The van der Waals surface area contributed by atoms with E-state index in [0.717, 1.165) is 25.9 Å². The van der Waals surface area contributed by atoms with E-state index in [-0.39, 0.29) is 11.7 Å². The van der Waals surface area contributed by atoms with Gasteiger partial charge in [0.1, 0.15) is 11.6 Å². The molecule has 0 bridgehead atoms. The lowest BCUT2D eigenvalue weighted by Crippen LogP contribution is -2.38. The van der Waals surface area contributed by atoms with Gasteiger partial charge in [0.15, 0.2) is 0 Å². The lowest BCUT2D eigenvalue weighted by Gasteiger charge is -2.23. The van der Waals surface area contributed by atoms with Crippen molar-refractivity contribution < 1.29 is 14.3 Å². The Morgan fingerprint density at radius 1 is 1.24 bits per heavy atom. The maximum absolute atomic E-state index is 13.0. The molecule has 0 radical (unpaired) electrons. The van der Waals surface area contributed by atoms with Gasteiger partial charge in [-0.3, -0.25) is 4.79 Å². The van der Waals surface area contributed by atoms with E-state index in [1.54, 1.807) is 25.3 Å². The molecule has 5 nitrogen and oxygen atoms in total. The minimum absolute atomic E-state index is 0.274. The number of aliphatic hydroxyl groups excluding tert-OH is 1. The van der Waals surface area contributed by atoms with Gasteiger partial charge in [0.05, 0.1) is 17.7 Å². The normalized spacial score (nSPS) is 16.5. The summed E-state index contributed by atoms with van der Waals surface area (Å²) in [5.74, 6) is 0.0443. The number of rotatable bonds is 5. The van der Waals surface area contributed by atoms with E-state index in [1.807, 2.05) is 0 Å². The Bertz CT molecular complexity index is 730. The van der Waals surface area contributed by atoms with Crippen LogP contribution in [0.1, 0.15) is 41.8 Å². The second-order valence-corrected chi connectivity index (χ2v) is 6.33. The molecule has 0 aliphatic carbocycles. The molecule has 2 N–H and O–H groups in total. The Labute approximate surface area is 146 Å². The van der Waals surface area contributed by atoms with Crippen LogP contribution in [-0.2, 0) is 0 Å². The van der Waals surface area contributed by atoms with Gasteiger partial charge in [-0.25, -0.2) is 9.37 Å². The molecule has 2 heterocycles. The lowest BCUT2D eigenvalue weighted by molar-refractivity contribution is 0.0852. The maximum atomic E-state index is 13.0. The second kappa shape index (κ2) is 7.61. The Hall–Kier alpha value is -2.47. The molecule has 2 aromatic rings.